The van der Waals surface area contributed by atoms with E-state index in [-0.39, 0.29) is 0 Å². The van der Waals surface area contributed by atoms with Gasteiger partial charge in [0, 0.05) is 11.8 Å². The molecule has 0 bridgehead atoms. The Morgan fingerprint density at radius 2 is 1.81 bits per heavy atom. The van der Waals surface area contributed by atoms with Gasteiger partial charge in [-0.15, -0.1) is 0 Å². The Labute approximate surface area is 123 Å². The summed E-state index contributed by atoms with van der Waals surface area (Å²) in [6.07, 6.45) is 0.480. The first-order chi connectivity index (χ1) is 10.2. The molecule has 21 heavy (non-hydrogen) atoms. The van der Waals surface area contributed by atoms with E-state index in [4.69, 9.17) is 0 Å². The molecule has 1 atom stereocenters. The van der Waals surface area contributed by atoms with E-state index < -0.39 is 5.72 Å². The molecule has 4 heteroatoms. The molecule has 4 nitrogen and oxygen atoms in total. The normalized spacial score (nSPS) is 14.2. The fraction of sp³-hybridized carbons (Fsp3) is 0.235. The maximum Gasteiger partial charge on any atom is 0.163 e. The molecule has 3 N–H and O–H groups in total. The Morgan fingerprint density at radius 3 is 2.57 bits per heavy atom. The van der Waals surface area contributed by atoms with E-state index in [1.54, 1.807) is 0 Å². The average Bonchev–Trinajstić information content (AvgIpc) is 2.93. The summed E-state index contributed by atoms with van der Waals surface area (Å²) in [6.45, 7) is 2.64. The standard InChI is InChI=1S/C17H19N3O/c1-2-18-17(21,12-13-8-4-3-5-9-13)16-14-10-6-7-11-15(14)19-20-16/h3-11,18,21H,2,12H2,1H3,(H,19,20). The minimum atomic E-state index is -1.16. The molecule has 0 fully saturated rings. The van der Waals surface area contributed by atoms with Gasteiger partial charge in [0.2, 0.25) is 0 Å². The van der Waals surface area contributed by atoms with Crippen molar-refractivity contribution in [2.75, 3.05) is 6.54 Å². The molecule has 2 aromatic carbocycles. The monoisotopic (exact) mass is 281 g/mol. The Hall–Kier alpha value is -2.17. The molecule has 0 amide bonds. The summed E-state index contributed by atoms with van der Waals surface area (Å²) in [5.41, 5.74) is 1.48. The van der Waals surface area contributed by atoms with Crippen LogP contribution in [0.5, 0.6) is 0 Å². The van der Waals surface area contributed by atoms with Gasteiger partial charge in [-0.3, -0.25) is 10.4 Å². The van der Waals surface area contributed by atoms with Gasteiger partial charge in [0.05, 0.1) is 11.2 Å². The lowest BCUT2D eigenvalue weighted by atomic mass is 9.97. The molecule has 0 aliphatic rings. The Balaban J connectivity index is 2.04. The maximum atomic E-state index is 11.1. The van der Waals surface area contributed by atoms with Crippen LogP contribution in [0, 0.1) is 0 Å². The summed E-state index contributed by atoms with van der Waals surface area (Å²) in [5.74, 6) is 0. The highest BCUT2D eigenvalue weighted by Gasteiger charge is 2.32. The lowest BCUT2D eigenvalue weighted by molar-refractivity contribution is -0.000575. The molecule has 0 aliphatic heterocycles. The summed E-state index contributed by atoms with van der Waals surface area (Å²) >= 11 is 0. The van der Waals surface area contributed by atoms with Crippen LogP contribution in [0.4, 0.5) is 0 Å². The zero-order valence-corrected chi connectivity index (χ0v) is 12.0. The van der Waals surface area contributed by atoms with E-state index in [9.17, 15) is 5.11 Å². The molecule has 0 aliphatic carbocycles. The molecule has 0 saturated heterocycles. The maximum absolute atomic E-state index is 11.1. The Bertz CT molecular complexity index is 723. The third-order valence-electron chi connectivity index (χ3n) is 3.65. The number of likely N-dealkylation sites (N-methyl/N-ethyl adjacent to an activating group) is 1. The first-order valence-electron chi connectivity index (χ1n) is 7.18. The van der Waals surface area contributed by atoms with Crippen molar-refractivity contribution in [2.45, 2.75) is 19.1 Å². The Kier molecular flexibility index (Phi) is 3.73. The van der Waals surface area contributed by atoms with E-state index in [1.165, 1.54) is 0 Å². The van der Waals surface area contributed by atoms with E-state index in [2.05, 4.69) is 15.5 Å². The van der Waals surface area contributed by atoms with Gasteiger partial charge in [0.15, 0.2) is 5.72 Å². The van der Waals surface area contributed by atoms with Crippen LogP contribution in [0.2, 0.25) is 0 Å². The zero-order valence-electron chi connectivity index (χ0n) is 12.0. The summed E-state index contributed by atoms with van der Waals surface area (Å²) in [6, 6.07) is 17.8. The number of H-pyrrole nitrogens is 1. The lowest BCUT2D eigenvalue weighted by Gasteiger charge is -2.28. The second-order valence-electron chi connectivity index (χ2n) is 5.17. The molecular formula is C17H19N3O. The van der Waals surface area contributed by atoms with E-state index in [1.807, 2.05) is 61.5 Å². The van der Waals surface area contributed by atoms with Crippen LogP contribution in [0.1, 0.15) is 18.2 Å². The lowest BCUT2D eigenvalue weighted by Crippen LogP contribution is -2.44. The largest absolute Gasteiger partial charge is 0.370 e. The Morgan fingerprint density at radius 1 is 1.10 bits per heavy atom. The van der Waals surface area contributed by atoms with Gasteiger partial charge in [-0.25, -0.2) is 0 Å². The molecule has 108 valence electrons. The summed E-state index contributed by atoms with van der Waals surface area (Å²) in [4.78, 5) is 0. The van der Waals surface area contributed by atoms with Crippen LogP contribution < -0.4 is 5.32 Å². The molecule has 1 heterocycles. The van der Waals surface area contributed by atoms with Crippen molar-refractivity contribution in [2.24, 2.45) is 0 Å². The SMILES string of the molecule is CCNC(O)(Cc1ccccc1)c1[nH]nc2ccccc12. The minimum Gasteiger partial charge on any atom is -0.370 e. The van der Waals surface area contributed by atoms with Crippen molar-refractivity contribution in [3.8, 4) is 0 Å². The molecule has 3 rings (SSSR count). The van der Waals surface area contributed by atoms with Crippen molar-refractivity contribution in [3.63, 3.8) is 0 Å². The molecular weight excluding hydrogens is 262 g/mol. The van der Waals surface area contributed by atoms with Crippen LogP contribution in [0.3, 0.4) is 0 Å². The molecule has 0 radical (unpaired) electrons. The first-order valence-corrected chi connectivity index (χ1v) is 7.18. The van der Waals surface area contributed by atoms with E-state index in [0.717, 1.165) is 16.5 Å². The van der Waals surface area contributed by atoms with Crippen LogP contribution in [0.25, 0.3) is 10.9 Å². The van der Waals surface area contributed by atoms with Crippen molar-refractivity contribution in [1.29, 1.82) is 0 Å². The zero-order chi connectivity index (χ0) is 14.7. The minimum absolute atomic E-state index is 0.480. The highest BCUT2D eigenvalue weighted by Crippen LogP contribution is 2.27. The fourth-order valence-electron chi connectivity index (χ4n) is 2.70. The number of hydrogen-bond acceptors (Lipinski definition) is 3. The van der Waals surface area contributed by atoms with Gasteiger partial charge < -0.3 is 5.11 Å². The van der Waals surface area contributed by atoms with Gasteiger partial charge in [0.25, 0.3) is 0 Å². The molecule has 0 saturated carbocycles. The van der Waals surface area contributed by atoms with Crippen molar-refractivity contribution >= 4 is 10.9 Å². The van der Waals surface area contributed by atoms with Crippen LogP contribution in [0.15, 0.2) is 54.6 Å². The van der Waals surface area contributed by atoms with Gasteiger partial charge in [0.1, 0.15) is 0 Å². The highest BCUT2D eigenvalue weighted by molar-refractivity contribution is 5.81. The van der Waals surface area contributed by atoms with Gasteiger partial charge in [-0.1, -0.05) is 55.5 Å². The fourth-order valence-corrected chi connectivity index (χ4v) is 2.70. The molecule has 1 unspecified atom stereocenters. The number of nitrogens with zero attached hydrogens (tertiary/aromatic N) is 1. The molecule has 1 aromatic heterocycles. The second kappa shape index (κ2) is 5.68. The smallest absolute Gasteiger partial charge is 0.163 e. The summed E-state index contributed by atoms with van der Waals surface area (Å²) in [5, 5.41) is 22.5. The number of hydrogen-bond donors (Lipinski definition) is 3. The summed E-state index contributed by atoms with van der Waals surface area (Å²) in [7, 11) is 0. The van der Waals surface area contributed by atoms with Gasteiger partial charge in [-0.2, -0.15) is 5.10 Å². The number of nitrogens with one attached hydrogen (secondary N) is 2. The number of benzene rings is 2. The number of aromatic amines is 1. The third kappa shape index (κ3) is 2.68. The highest BCUT2D eigenvalue weighted by atomic mass is 16.3. The van der Waals surface area contributed by atoms with Crippen molar-refractivity contribution < 1.29 is 5.11 Å². The third-order valence-corrected chi connectivity index (χ3v) is 3.65. The topological polar surface area (TPSA) is 60.9 Å². The number of fused-ring (bicyclic) bond motifs is 1. The number of aliphatic hydroxyl groups is 1. The number of aromatic nitrogens is 2. The van der Waals surface area contributed by atoms with Crippen molar-refractivity contribution in [3.05, 3.63) is 65.9 Å². The second-order valence-corrected chi connectivity index (χ2v) is 5.17. The van der Waals surface area contributed by atoms with Gasteiger partial charge >= 0.3 is 0 Å². The molecule has 3 aromatic rings. The predicted octanol–water partition coefficient (Wildman–Crippen LogP) is 2.56. The average molecular weight is 281 g/mol. The number of rotatable bonds is 5. The van der Waals surface area contributed by atoms with Crippen LogP contribution in [-0.2, 0) is 12.1 Å². The summed E-state index contributed by atoms with van der Waals surface area (Å²) < 4.78 is 0. The van der Waals surface area contributed by atoms with Crippen LogP contribution in [-0.4, -0.2) is 21.8 Å². The van der Waals surface area contributed by atoms with Crippen LogP contribution >= 0.6 is 0 Å². The molecule has 0 spiro atoms. The van der Waals surface area contributed by atoms with Crippen molar-refractivity contribution in [1.82, 2.24) is 15.5 Å². The quantitative estimate of drug-likeness (QED) is 0.630. The number of para-hydroxylation sites is 1. The predicted molar refractivity (Wildman–Crippen MR) is 83.8 cm³/mol. The van der Waals surface area contributed by atoms with Gasteiger partial charge in [-0.05, 0) is 18.2 Å². The first kappa shape index (κ1) is 13.8. The van der Waals surface area contributed by atoms with E-state index in [0.29, 0.717) is 18.7 Å². The van der Waals surface area contributed by atoms with E-state index >= 15 is 0 Å².